The van der Waals surface area contributed by atoms with Crippen molar-refractivity contribution in [1.82, 2.24) is 4.90 Å². The van der Waals surface area contributed by atoms with E-state index in [1.54, 1.807) is 0 Å². The van der Waals surface area contributed by atoms with Gasteiger partial charge in [-0.25, -0.2) is 0 Å². The molecule has 0 saturated carbocycles. The van der Waals surface area contributed by atoms with E-state index in [1.807, 2.05) is 0 Å². The second-order valence-corrected chi connectivity index (χ2v) is 18.0. The Morgan fingerprint density at radius 1 is 0.561 bits per heavy atom. The Morgan fingerprint density at radius 2 is 1.00 bits per heavy atom. The molecule has 0 N–H and O–H groups in total. The molecule has 1 saturated heterocycles. The SMILES string of the molecule is CCCCCCCCCCCOC(=O)CCCCC[C@]1(CCCCCCCC(=O)OC(CCCCCCCC)CCCCCCCC)OC[C@@H](CCCN(C)C)O1. The number of unbranched alkanes of at least 4 members (excludes halogenated alkanes) is 24. The van der Waals surface area contributed by atoms with E-state index in [9.17, 15) is 9.59 Å². The summed E-state index contributed by atoms with van der Waals surface area (Å²) >= 11 is 0. The van der Waals surface area contributed by atoms with Crippen molar-refractivity contribution in [3.63, 3.8) is 0 Å². The van der Waals surface area contributed by atoms with Crippen molar-refractivity contribution < 1.29 is 28.5 Å². The molecule has 57 heavy (non-hydrogen) atoms. The largest absolute Gasteiger partial charge is 0.466 e. The minimum absolute atomic E-state index is 0.0102. The Hall–Kier alpha value is -1.18. The maximum Gasteiger partial charge on any atom is 0.306 e. The van der Waals surface area contributed by atoms with Crippen LogP contribution in [0.1, 0.15) is 258 Å². The molecular formula is C50H97NO6. The first-order valence-corrected chi connectivity index (χ1v) is 25.2. The standard InChI is InChI=1S/C50H97NO6/c1-6-9-12-15-18-19-20-26-34-44-54-48(52)39-31-27-33-42-50(55-45-47(57-50)38-35-43-51(4)5)41-32-25-21-24-30-40-49(53)56-46(36-28-22-16-13-10-7-2)37-29-23-17-14-11-8-3/h46-47H,6-45H2,1-5H3/t47-,50-/m1/s1. The average molecular weight is 808 g/mol. The van der Waals surface area contributed by atoms with Crippen molar-refractivity contribution >= 4 is 11.9 Å². The maximum absolute atomic E-state index is 12.9. The van der Waals surface area contributed by atoms with Crippen molar-refractivity contribution in [2.45, 2.75) is 276 Å². The van der Waals surface area contributed by atoms with Gasteiger partial charge in [-0.3, -0.25) is 9.59 Å². The number of hydrogen-bond donors (Lipinski definition) is 0. The summed E-state index contributed by atoms with van der Waals surface area (Å²) < 4.78 is 24.8. The molecule has 338 valence electrons. The van der Waals surface area contributed by atoms with Gasteiger partial charge in [-0.05, 0) is 91.3 Å². The van der Waals surface area contributed by atoms with E-state index < -0.39 is 5.79 Å². The first-order chi connectivity index (χ1) is 27.8. The highest BCUT2D eigenvalue weighted by Crippen LogP contribution is 2.36. The van der Waals surface area contributed by atoms with Crippen molar-refractivity contribution in [1.29, 1.82) is 0 Å². The Morgan fingerprint density at radius 3 is 1.53 bits per heavy atom. The number of ether oxygens (including phenoxy) is 4. The van der Waals surface area contributed by atoms with E-state index in [4.69, 9.17) is 18.9 Å². The van der Waals surface area contributed by atoms with Gasteiger partial charge in [0.15, 0.2) is 5.79 Å². The fraction of sp³-hybridized carbons (Fsp3) is 0.960. The molecule has 0 unspecified atom stereocenters. The van der Waals surface area contributed by atoms with Crippen LogP contribution in [0, 0.1) is 0 Å². The van der Waals surface area contributed by atoms with Crippen LogP contribution in [-0.4, -0.2) is 68.7 Å². The monoisotopic (exact) mass is 808 g/mol. The van der Waals surface area contributed by atoms with Gasteiger partial charge in [-0.1, -0.05) is 162 Å². The van der Waals surface area contributed by atoms with Gasteiger partial charge in [0, 0.05) is 25.7 Å². The predicted molar refractivity (Wildman–Crippen MR) is 241 cm³/mol. The third kappa shape index (κ3) is 33.3. The lowest BCUT2D eigenvalue weighted by Gasteiger charge is -2.28. The molecule has 1 aliphatic heterocycles. The number of esters is 2. The Kier molecular flexibility index (Phi) is 36.8. The van der Waals surface area contributed by atoms with Crippen LogP contribution in [0.25, 0.3) is 0 Å². The lowest BCUT2D eigenvalue weighted by molar-refractivity contribution is -0.180. The van der Waals surface area contributed by atoms with Crippen LogP contribution < -0.4 is 0 Å². The van der Waals surface area contributed by atoms with Crippen LogP contribution >= 0.6 is 0 Å². The highest BCUT2D eigenvalue weighted by Gasteiger charge is 2.40. The molecule has 1 heterocycles. The molecule has 1 rings (SSSR count). The third-order valence-electron chi connectivity index (χ3n) is 12.0. The summed E-state index contributed by atoms with van der Waals surface area (Å²) in [5.41, 5.74) is 0. The van der Waals surface area contributed by atoms with E-state index in [0.717, 1.165) is 109 Å². The highest BCUT2D eigenvalue weighted by molar-refractivity contribution is 5.69. The fourth-order valence-electron chi connectivity index (χ4n) is 8.30. The molecule has 2 atom stereocenters. The molecule has 7 nitrogen and oxygen atoms in total. The van der Waals surface area contributed by atoms with Crippen LogP contribution in [0.4, 0.5) is 0 Å². The third-order valence-corrected chi connectivity index (χ3v) is 12.0. The topological polar surface area (TPSA) is 74.3 Å². The van der Waals surface area contributed by atoms with Crippen molar-refractivity contribution in [2.75, 3.05) is 33.9 Å². The molecule has 0 aromatic rings. The van der Waals surface area contributed by atoms with Gasteiger partial charge in [0.1, 0.15) is 6.10 Å². The summed E-state index contributed by atoms with van der Waals surface area (Å²) in [5, 5.41) is 0. The van der Waals surface area contributed by atoms with Gasteiger partial charge in [-0.15, -0.1) is 0 Å². The molecule has 7 heteroatoms. The minimum Gasteiger partial charge on any atom is -0.466 e. The molecule has 0 radical (unpaired) electrons. The maximum atomic E-state index is 12.9. The Labute approximate surface area is 354 Å². The molecule has 1 fully saturated rings. The van der Waals surface area contributed by atoms with Gasteiger partial charge in [0.2, 0.25) is 0 Å². The summed E-state index contributed by atoms with van der Waals surface area (Å²) in [6, 6.07) is 0. The minimum atomic E-state index is -0.496. The van der Waals surface area contributed by atoms with Crippen LogP contribution in [-0.2, 0) is 28.5 Å². The summed E-state index contributed by atoms with van der Waals surface area (Å²) in [4.78, 5) is 27.4. The van der Waals surface area contributed by atoms with Crippen molar-refractivity contribution in [2.24, 2.45) is 0 Å². The molecule has 0 spiro atoms. The smallest absolute Gasteiger partial charge is 0.306 e. The van der Waals surface area contributed by atoms with Gasteiger partial charge in [0.25, 0.3) is 0 Å². The summed E-state index contributed by atoms with van der Waals surface area (Å²) in [6.45, 7) is 9.10. The van der Waals surface area contributed by atoms with E-state index >= 15 is 0 Å². The second-order valence-electron chi connectivity index (χ2n) is 18.0. The first kappa shape index (κ1) is 53.8. The van der Waals surface area contributed by atoms with Crippen LogP contribution in [0.3, 0.4) is 0 Å². The zero-order valence-corrected chi connectivity index (χ0v) is 38.8. The lowest BCUT2D eigenvalue weighted by atomic mass is 9.99. The van der Waals surface area contributed by atoms with Gasteiger partial charge in [-0.2, -0.15) is 0 Å². The fourth-order valence-corrected chi connectivity index (χ4v) is 8.30. The Bertz CT molecular complexity index is 882. The van der Waals surface area contributed by atoms with Gasteiger partial charge in [0.05, 0.1) is 19.3 Å². The van der Waals surface area contributed by atoms with Gasteiger partial charge < -0.3 is 23.8 Å². The molecule has 0 aromatic carbocycles. The number of rotatable bonds is 43. The van der Waals surface area contributed by atoms with E-state index in [-0.39, 0.29) is 24.1 Å². The lowest BCUT2D eigenvalue weighted by Crippen LogP contribution is -2.31. The van der Waals surface area contributed by atoms with Crippen LogP contribution in [0.15, 0.2) is 0 Å². The highest BCUT2D eigenvalue weighted by atomic mass is 16.7. The molecular weight excluding hydrogens is 711 g/mol. The zero-order chi connectivity index (χ0) is 41.5. The van der Waals surface area contributed by atoms with E-state index in [2.05, 4.69) is 39.8 Å². The van der Waals surface area contributed by atoms with E-state index in [1.165, 1.54) is 122 Å². The summed E-state index contributed by atoms with van der Waals surface area (Å²) in [6.07, 6.45) is 42.2. The number of carbonyl (C=O) groups excluding carboxylic acids is 2. The predicted octanol–water partition coefficient (Wildman–Crippen LogP) is 14.6. The Balaban J connectivity index is 2.36. The van der Waals surface area contributed by atoms with Gasteiger partial charge >= 0.3 is 11.9 Å². The molecule has 0 amide bonds. The van der Waals surface area contributed by atoms with Crippen LogP contribution in [0.5, 0.6) is 0 Å². The number of carbonyl (C=O) groups is 2. The second kappa shape index (κ2) is 39.0. The molecule has 0 aliphatic carbocycles. The normalized spacial score (nSPS) is 16.9. The molecule has 0 bridgehead atoms. The number of hydrogen-bond acceptors (Lipinski definition) is 7. The van der Waals surface area contributed by atoms with Crippen LogP contribution in [0.2, 0.25) is 0 Å². The summed E-state index contributed by atoms with van der Waals surface area (Å²) in [5.74, 6) is -0.534. The number of nitrogens with zero attached hydrogens (tertiary/aromatic N) is 1. The summed E-state index contributed by atoms with van der Waals surface area (Å²) in [7, 11) is 4.25. The van der Waals surface area contributed by atoms with Crippen molar-refractivity contribution in [3.05, 3.63) is 0 Å². The van der Waals surface area contributed by atoms with E-state index in [0.29, 0.717) is 26.1 Å². The quantitative estimate of drug-likeness (QED) is 0.0449. The average Bonchev–Trinajstić information content (AvgIpc) is 3.59. The zero-order valence-electron chi connectivity index (χ0n) is 38.8. The molecule has 0 aromatic heterocycles. The first-order valence-electron chi connectivity index (χ1n) is 25.2. The van der Waals surface area contributed by atoms with Crippen molar-refractivity contribution in [3.8, 4) is 0 Å². The molecule has 1 aliphatic rings.